The molecule has 0 fully saturated rings. The molecule has 6 nitrogen and oxygen atoms in total. The van der Waals surface area contributed by atoms with Gasteiger partial charge in [-0.2, -0.15) is 5.26 Å². The Morgan fingerprint density at radius 3 is 2.32 bits per heavy atom. The van der Waals surface area contributed by atoms with Gasteiger partial charge in [-0.1, -0.05) is 39.0 Å². The molecule has 0 unspecified atom stereocenters. The van der Waals surface area contributed by atoms with E-state index in [-0.39, 0.29) is 5.41 Å². The summed E-state index contributed by atoms with van der Waals surface area (Å²) in [4.78, 5) is 9.27. The molecule has 0 bridgehead atoms. The van der Waals surface area contributed by atoms with Crippen LogP contribution in [0.3, 0.4) is 0 Å². The van der Waals surface area contributed by atoms with Crippen LogP contribution in [0.5, 0.6) is 11.5 Å². The minimum Gasteiger partial charge on any atom is -0.457 e. The average Bonchev–Trinajstić information content (AvgIpc) is 3.50. The first-order valence-corrected chi connectivity index (χ1v) is 14.9. The van der Waals surface area contributed by atoms with Crippen molar-refractivity contribution in [2.45, 2.75) is 40.0 Å². The van der Waals surface area contributed by atoms with Gasteiger partial charge in [-0.25, -0.2) is 4.98 Å². The lowest BCUT2D eigenvalue weighted by Crippen LogP contribution is -2.24. The summed E-state index contributed by atoms with van der Waals surface area (Å²) >= 11 is 0. The number of rotatable bonds is 4. The van der Waals surface area contributed by atoms with Gasteiger partial charge in [0.05, 0.1) is 40.7 Å². The Kier molecular flexibility index (Phi) is 6.37. The molecule has 0 N–H and O–H groups in total. The molecule has 0 amide bonds. The molecule has 1 aliphatic rings. The van der Waals surface area contributed by atoms with Crippen LogP contribution in [0.4, 0.5) is 17.1 Å². The van der Waals surface area contributed by atoms with Crippen molar-refractivity contribution in [1.82, 2.24) is 9.55 Å². The maximum absolute atomic E-state index is 9.94. The van der Waals surface area contributed by atoms with Crippen molar-refractivity contribution < 1.29 is 4.74 Å². The van der Waals surface area contributed by atoms with Gasteiger partial charge in [0.15, 0.2) is 0 Å². The quantitative estimate of drug-likeness (QED) is 0.209. The summed E-state index contributed by atoms with van der Waals surface area (Å²) in [5, 5.41) is 12.2. The van der Waals surface area contributed by atoms with Crippen molar-refractivity contribution in [2.75, 3.05) is 23.5 Å². The molecule has 6 aromatic rings. The molecular formula is C38H35N5O. The molecule has 7 rings (SSSR count). The summed E-state index contributed by atoms with van der Waals surface area (Å²) in [6.45, 7) is 11.6. The summed E-state index contributed by atoms with van der Waals surface area (Å²) in [5.41, 5.74) is 9.62. The molecule has 2 aromatic heterocycles. The summed E-state index contributed by atoms with van der Waals surface area (Å²) < 4.78 is 8.74. The van der Waals surface area contributed by atoms with Gasteiger partial charge in [0.1, 0.15) is 17.3 Å². The number of nitrogens with zero attached hydrogens (tertiary/aromatic N) is 5. The second kappa shape index (κ2) is 10.2. The number of hydrogen-bond acceptors (Lipinski definition) is 5. The number of aromatic nitrogens is 2. The van der Waals surface area contributed by atoms with Gasteiger partial charge in [-0.3, -0.25) is 4.57 Å². The van der Waals surface area contributed by atoms with E-state index in [2.05, 4.69) is 123 Å². The standard InChI is InChI=1S/C38H35N5O/c1-24-15-35-36(16-25(24)2)42(23-41(35)6)28-17-26(22-39)18-30(20-28)44-29-11-12-32-31-9-7-8-10-33(31)43(34(32)21-29)37-19-27(13-14-40-37)38(3,4)5/h7-21H,23H2,1-6H3. The number of fused-ring (bicyclic) bond motifs is 4. The van der Waals surface area contributed by atoms with E-state index >= 15 is 0 Å². The van der Waals surface area contributed by atoms with Crippen molar-refractivity contribution in [1.29, 1.82) is 5.26 Å². The Balaban J connectivity index is 1.32. The molecule has 1 aliphatic heterocycles. The van der Waals surface area contributed by atoms with Gasteiger partial charge in [0, 0.05) is 41.8 Å². The summed E-state index contributed by atoms with van der Waals surface area (Å²) in [6.07, 6.45) is 1.89. The first-order chi connectivity index (χ1) is 21.1. The van der Waals surface area contributed by atoms with E-state index < -0.39 is 0 Å². The molecular weight excluding hydrogens is 542 g/mol. The SMILES string of the molecule is Cc1cc2c(cc1C)N(c1cc(C#N)cc(Oc3ccc4c5ccccc5n(-c5cc(C(C)(C)C)ccn5)c4c3)c1)CN2C. The number of hydrogen-bond donors (Lipinski definition) is 0. The highest BCUT2D eigenvalue weighted by molar-refractivity contribution is 6.09. The first kappa shape index (κ1) is 27.5. The van der Waals surface area contributed by atoms with Crippen LogP contribution in [-0.2, 0) is 5.41 Å². The van der Waals surface area contributed by atoms with E-state index in [9.17, 15) is 5.26 Å². The van der Waals surface area contributed by atoms with Crippen molar-refractivity contribution in [3.8, 4) is 23.4 Å². The van der Waals surface area contributed by atoms with Gasteiger partial charge < -0.3 is 14.5 Å². The third-order valence-electron chi connectivity index (χ3n) is 8.70. The molecule has 0 atom stereocenters. The monoisotopic (exact) mass is 577 g/mol. The van der Waals surface area contributed by atoms with Crippen molar-refractivity contribution in [3.63, 3.8) is 0 Å². The molecule has 0 aliphatic carbocycles. The Bertz CT molecular complexity index is 2130. The minimum atomic E-state index is -0.00360. The minimum absolute atomic E-state index is 0.00360. The van der Waals surface area contributed by atoms with Crippen molar-refractivity contribution in [2.24, 2.45) is 0 Å². The fourth-order valence-corrected chi connectivity index (χ4v) is 6.16. The number of para-hydroxylation sites is 1. The van der Waals surface area contributed by atoms with E-state index in [0.29, 0.717) is 23.7 Å². The number of nitriles is 1. The Morgan fingerprint density at radius 1 is 0.795 bits per heavy atom. The third kappa shape index (κ3) is 4.62. The zero-order valence-electron chi connectivity index (χ0n) is 26.0. The predicted octanol–water partition coefficient (Wildman–Crippen LogP) is 9.30. The number of ether oxygens (including phenoxy) is 1. The van der Waals surface area contributed by atoms with Gasteiger partial charge in [-0.05, 0) is 90.6 Å². The number of anilines is 3. The van der Waals surface area contributed by atoms with Crippen LogP contribution in [0, 0.1) is 25.2 Å². The van der Waals surface area contributed by atoms with E-state index in [0.717, 1.165) is 39.0 Å². The van der Waals surface area contributed by atoms with Crippen molar-refractivity contribution in [3.05, 3.63) is 113 Å². The Hall–Kier alpha value is -5.28. The average molecular weight is 578 g/mol. The van der Waals surface area contributed by atoms with Gasteiger partial charge in [-0.15, -0.1) is 0 Å². The largest absolute Gasteiger partial charge is 0.457 e. The second-order valence-electron chi connectivity index (χ2n) is 12.8. The fourth-order valence-electron chi connectivity index (χ4n) is 6.16. The molecule has 6 heteroatoms. The van der Waals surface area contributed by atoms with E-state index in [1.165, 1.54) is 22.4 Å². The number of pyridine rings is 1. The van der Waals surface area contributed by atoms with Crippen molar-refractivity contribution >= 4 is 38.9 Å². The molecule has 4 aromatic carbocycles. The van der Waals surface area contributed by atoms with Crippen LogP contribution in [0.2, 0.25) is 0 Å². The van der Waals surface area contributed by atoms with E-state index in [4.69, 9.17) is 9.72 Å². The van der Waals surface area contributed by atoms with Crippen LogP contribution in [0.15, 0.2) is 91.1 Å². The zero-order chi connectivity index (χ0) is 30.7. The highest BCUT2D eigenvalue weighted by atomic mass is 16.5. The van der Waals surface area contributed by atoms with Crippen LogP contribution < -0.4 is 14.5 Å². The molecule has 0 spiro atoms. The highest BCUT2D eigenvalue weighted by Gasteiger charge is 2.26. The fraction of sp³-hybridized carbons (Fsp3) is 0.211. The van der Waals surface area contributed by atoms with Gasteiger partial charge >= 0.3 is 0 Å². The molecule has 0 radical (unpaired) electrons. The number of aryl methyl sites for hydroxylation is 2. The molecule has 0 saturated carbocycles. The molecule has 218 valence electrons. The number of benzene rings is 4. The highest BCUT2D eigenvalue weighted by Crippen LogP contribution is 2.43. The molecule has 0 saturated heterocycles. The summed E-state index contributed by atoms with van der Waals surface area (Å²) in [7, 11) is 2.10. The van der Waals surface area contributed by atoms with Crippen LogP contribution >= 0.6 is 0 Å². The predicted molar refractivity (Wildman–Crippen MR) is 180 cm³/mol. The van der Waals surface area contributed by atoms with Crippen LogP contribution in [0.25, 0.3) is 27.6 Å². The maximum Gasteiger partial charge on any atom is 0.137 e. The smallest absolute Gasteiger partial charge is 0.137 e. The first-order valence-electron chi connectivity index (χ1n) is 14.9. The summed E-state index contributed by atoms with van der Waals surface area (Å²) in [6, 6.07) is 31.4. The van der Waals surface area contributed by atoms with Gasteiger partial charge in [0.25, 0.3) is 0 Å². The normalized spacial score (nSPS) is 13.0. The third-order valence-corrected chi connectivity index (χ3v) is 8.70. The lowest BCUT2D eigenvalue weighted by atomic mass is 9.88. The summed E-state index contributed by atoms with van der Waals surface area (Å²) in [5.74, 6) is 2.19. The second-order valence-corrected chi connectivity index (χ2v) is 12.8. The lowest BCUT2D eigenvalue weighted by Gasteiger charge is -2.21. The van der Waals surface area contributed by atoms with E-state index in [1.54, 1.807) is 6.07 Å². The van der Waals surface area contributed by atoms with Crippen LogP contribution in [0.1, 0.15) is 43.0 Å². The zero-order valence-corrected chi connectivity index (χ0v) is 26.0. The topological polar surface area (TPSA) is 57.3 Å². The van der Waals surface area contributed by atoms with E-state index in [1.807, 2.05) is 24.4 Å². The van der Waals surface area contributed by atoms with Crippen LogP contribution in [-0.4, -0.2) is 23.3 Å². The Morgan fingerprint density at radius 2 is 1.55 bits per heavy atom. The molecule has 3 heterocycles. The lowest BCUT2D eigenvalue weighted by molar-refractivity contribution is 0.483. The Labute approximate surface area is 258 Å². The van der Waals surface area contributed by atoms with Gasteiger partial charge in [0.2, 0.25) is 0 Å². The maximum atomic E-state index is 9.94. The molecule has 44 heavy (non-hydrogen) atoms.